The molecule has 1 fully saturated rings. The molecule has 21 heavy (non-hydrogen) atoms. The number of rotatable bonds is 5. The van der Waals surface area contributed by atoms with Gasteiger partial charge in [0.25, 0.3) is 5.91 Å². The number of aryl methyl sites for hydroxylation is 1. The van der Waals surface area contributed by atoms with E-state index in [0.717, 1.165) is 44.5 Å². The van der Waals surface area contributed by atoms with E-state index >= 15 is 0 Å². The number of nitrogens with two attached hydrogens (primary N) is 1. The molecule has 0 aromatic heterocycles. The Bertz CT molecular complexity index is 482. The highest BCUT2D eigenvalue weighted by Crippen LogP contribution is 2.12. The maximum Gasteiger partial charge on any atom is 0.251 e. The smallest absolute Gasteiger partial charge is 0.251 e. The second-order valence-electron chi connectivity index (χ2n) is 5.76. The predicted octanol–water partition coefficient (Wildman–Crippen LogP) is 1.15. The second-order valence-corrected chi connectivity index (χ2v) is 5.76. The number of aliphatic hydroxyl groups is 1. The Morgan fingerprint density at radius 1 is 1.43 bits per heavy atom. The lowest BCUT2D eigenvalue weighted by atomic mass is 10.1. The molecule has 0 unspecified atom stereocenters. The molecule has 0 aliphatic carbocycles. The summed E-state index contributed by atoms with van der Waals surface area (Å²) in [7, 11) is 0. The fraction of sp³-hybridized carbons (Fsp3) is 0.562. The van der Waals surface area contributed by atoms with E-state index in [1.54, 1.807) is 12.1 Å². The molecule has 1 aromatic carbocycles. The van der Waals surface area contributed by atoms with Gasteiger partial charge in [-0.05, 0) is 50.4 Å². The largest absolute Gasteiger partial charge is 0.399 e. The van der Waals surface area contributed by atoms with E-state index in [0.29, 0.717) is 17.8 Å². The molecule has 0 radical (unpaired) electrons. The van der Waals surface area contributed by atoms with Gasteiger partial charge in [-0.2, -0.15) is 0 Å². The van der Waals surface area contributed by atoms with Crippen molar-refractivity contribution in [2.75, 3.05) is 31.9 Å². The number of likely N-dealkylation sites (tertiary alicyclic amines) is 1. The van der Waals surface area contributed by atoms with Gasteiger partial charge in [-0.3, -0.25) is 4.79 Å². The molecule has 4 N–H and O–H groups in total. The average molecular weight is 291 g/mol. The van der Waals surface area contributed by atoms with Gasteiger partial charge in [0, 0.05) is 30.9 Å². The Morgan fingerprint density at radius 3 is 2.86 bits per heavy atom. The number of anilines is 1. The SMILES string of the molecule is Cc1ccc(N)cc1C(=O)NCCCN1CCC(O)CC1. The lowest BCUT2D eigenvalue weighted by Crippen LogP contribution is -2.37. The van der Waals surface area contributed by atoms with Crippen LogP contribution in [0.15, 0.2) is 18.2 Å². The van der Waals surface area contributed by atoms with E-state index in [1.807, 2.05) is 13.0 Å². The Kier molecular flexibility index (Phi) is 5.59. The number of nitrogen functional groups attached to an aromatic ring is 1. The van der Waals surface area contributed by atoms with Gasteiger partial charge < -0.3 is 21.1 Å². The van der Waals surface area contributed by atoms with E-state index in [-0.39, 0.29) is 12.0 Å². The zero-order valence-corrected chi connectivity index (χ0v) is 12.6. The third-order valence-electron chi connectivity index (χ3n) is 4.00. The number of benzene rings is 1. The summed E-state index contributed by atoms with van der Waals surface area (Å²) in [6, 6.07) is 5.39. The highest BCUT2D eigenvalue weighted by molar-refractivity contribution is 5.96. The van der Waals surface area contributed by atoms with Crippen LogP contribution in [-0.4, -0.2) is 48.2 Å². The zero-order valence-electron chi connectivity index (χ0n) is 12.6. The van der Waals surface area contributed by atoms with Crippen LogP contribution in [0.25, 0.3) is 0 Å². The van der Waals surface area contributed by atoms with Crippen molar-refractivity contribution in [3.8, 4) is 0 Å². The van der Waals surface area contributed by atoms with E-state index in [2.05, 4.69) is 10.2 Å². The van der Waals surface area contributed by atoms with Gasteiger partial charge in [0.15, 0.2) is 0 Å². The molecule has 1 aromatic rings. The van der Waals surface area contributed by atoms with E-state index in [4.69, 9.17) is 5.73 Å². The van der Waals surface area contributed by atoms with Crippen molar-refractivity contribution in [3.63, 3.8) is 0 Å². The predicted molar refractivity (Wildman–Crippen MR) is 84.2 cm³/mol. The van der Waals surface area contributed by atoms with Gasteiger partial charge in [-0.1, -0.05) is 6.07 Å². The number of hydrogen-bond donors (Lipinski definition) is 3. The molecule has 1 amide bonds. The van der Waals surface area contributed by atoms with Gasteiger partial charge in [-0.15, -0.1) is 0 Å². The van der Waals surface area contributed by atoms with Crippen LogP contribution in [-0.2, 0) is 0 Å². The zero-order chi connectivity index (χ0) is 15.2. The minimum atomic E-state index is -0.132. The maximum atomic E-state index is 12.1. The molecule has 1 saturated heterocycles. The summed E-state index contributed by atoms with van der Waals surface area (Å²) in [5.74, 6) is -0.0612. The normalized spacial score (nSPS) is 16.9. The van der Waals surface area contributed by atoms with Crippen LogP contribution < -0.4 is 11.1 Å². The molecular formula is C16H25N3O2. The Hall–Kier alpha value is -1.59. The molecule has 1 heterocycles. The minimum Gasteiger partial charge on any atom is -0.399 e. The summed E-state index contributed by atoms with van der Waals surface area (Å²) in [6.07, 6.45) is 2.50. The number of aliphatic hydroxyl groups excluding tert-OH is 1. The van der Waals surface area contributed by atoms with Crippen LogP contribution in [0.3, 0.4) is 0 Å². The maximum absolute atomic E-state index is 12.1. The van der Waals surface area contributed by atoms with Gasteiger partial charge >= 0.3 is 0 Å². The fourth-order valence-corrected chi connectivity index (χ4v) is 2.63. The molecule has 116 valence electrons. The van der Waals surface area contributed by atoms with Gasteiger partial charge in [0.1, 0.15) is 0 Å². The topological polar surface area (TPSA) is 78.6 Å². The highest BCUT2D eigenvalue weighted by atomic mass is 16.3. The van der Waals surface area contributed by atoms with Crippen molar-refractivity contribution in [3.05, 3.63) is 29.3 Å². The first kappa shape index (κ1) is 15.8. The number of hydrogen-bond acceptors (Lipinski definition) is 4. The van der Waals surface area contributed by atoms with Crippen LogP contribution in [0.1, 0.15) is 35.2 Å². The van der Waals surface area contributed by atoms with Crippen molar-refractivity contribution in [1.29, 1.82) is 0 Å². The quantitative estimate of drug-likeness (QED) is 0.562. The van der Waals surface area contributed by atoms with Gasteiger partial charge in [0.05, 0.1) is 6.10 Å². The molecule has 5 nitrogen and oxygen atoms in total. The van der Waals surface area contributed by atoms with E-state index in [1.165, 1.54) is 0 Å². The summed E-state index contributed by atoms with van der Waals surface area (Å²) in [4.78, 5) is 14.4. The Balaban J connectivity index is 1.71. The lowest BCUT2D eigenvalue weighted by molar-refractivity contribution is 0.0816. The van der Waals surface area contributed by atoms with Crippen molar-refractivity contribution >= 4 is 11.6 Å². The monoisotopic (exact) mass is 291 g/mol. The van der Waals surface area contributed by atoms with Gasteiger partial charge in [-0.25, -0.2) is 0 Å². The first-order valence-corrected chi connectivity index (χ1v) is 7.61. The number of nitrogens with one attached hydrogen (secondary N) is 1. The van der Waals surface area contributed by atoms with Crippen LogP contribution >= 0.6 is 0 Å². The molecule has 1 aliphatic rings. The molecule has 0 bridgehead atoms. The second kappa shape index (κ2) is 7.43. The van der Waals surface area contributed by atoms with Crippen LogP contribution in [0.4, 0.5) is 5.69 Å². The molecule has 0 atom stereocenters. The van der Waals surface area contributed by atoms with Crippen molar-refractivity contribution in [1.82, 2.24) is 10.2 Å². The molecule has 0 spiro atoms. The first-order valence-electron chi connectivity index (χ1n) is 7.61. The summed E-state index contributed by atoms with van der Waals surface area (Å²) >= 11 is 0. The summed E-state index contributed by atoms with van der Waals surface area (Å²) in [5, 5.41) is 12.4. The summed E-state index contributed by atoms with van der Waals surface area (Å²) in [5.41, 5.74) is 7.92. The fourth-order valence-electron chi connectivity index (χ4n) is 2.63. The molecular weight excluding hydrogens is 266 g/mol. The third-order valence-corrected chi connectivity index (χ3v) is 4.00. The minimum absolute atomic E-state index is 0.0612. The first-order chi connectivity index (χ1) is 10.1. The van der Waals surface area contributed by atoms with Crippen molar-refractivity contribution < 1.29 is 9.90 Å². The number of nitrogens with zero attached hydrogens (tertiary/aromatic N) is 1. The van der Waals surface area contributed by atoms with E-state index < -0.39 is 0 Å². The third kappa shape index (κ3) is 4.72. The average Bonchev–Trinajstić information content (AvgIpc) is 2.47. The van der Waals surface area contributed by atoms with E-state index in [9.17, 15) is 9.90 Å². The molecule has 2 rings (SSSR count). The lowest BCUT2D eigenvalue weighted by Gasteiger charge is -2.29. The van der Waals surface area contributed by atoms with Crippen LogP contribution in [0, 0.1) is 6.92 Å². The number of piperidine rings is 1. The molecule has 0 saturated carbocycles. The van der Waals surface area contributed by atoms with Crippen LogP contribution in [0.5, 0.6) is 0 Å². The number of carbonyl (C=O) groups is 1. The van der Waals surface area contributed by atoms with Crippen molar-refractivity contribution in [2.45, 2.75) is 32.3 Å². The summed E-state index contributed by atoms with van der Waals surface area (Å²) in [6.45, 7) is 5.43. The van der Waals surface area contributed by atoms with Crippen LogP contribution in [0.2, 0.25) is 0 Å². The number of amides is 1. The Labute approximate surface area is 126 Å². The van der Waals surface area contributed by atoms with Gasteiger partial charge in [0.2, 0.25) is 0 Å². The molecule has 5 heteroatoms. The standard InChI is InChI=1S/C16H25N3O2/c1-12-3-4-13(17)11-15(12)16(21)18-7-2-8-19-9-5-14(20)6-10-19/h3-4,11,14,20H,2,5-10,17H2,1H3,(H,18,21). The number of carbonyl (C=O) groups excluding carboxylic acids is 1. The highest BCUT2D eigenvalue weighted by Gasteiger charge is 2.16. The molecule has 1 aliphatic heterocycles. The summed E-state index contributed by atoms with van der Waals surface area (Å²) < 4.78 is 0. The Morgan fingerprint density at radius 2 is 2.14 bits per heavy atom. The van der Waals surface area contributed by atoms with Crippen molar-refractivity contribution in [2.24, 2.45) is 0 Å².